The summed E-state index contributed by atoms with van der Waals surface area (Å²) >= 11 is 1.28. The number of carbonyl (C=O) groups is 3. The number of hydrogen-bond acceptors (Lipinski definition) is 5. The molecule has 28 heavy (non-hydrogen) atoms. The second-order valence-corrected chi connectivity index (χ2v) is 8.29. The van der Waals surface area contributed by atoms with Gasteiger partial charge in [0, 0.05) is 11.3 Å². The van der Waals surface area contributed by atoms with Gasteiger partial charge >= 0.3 is 5.97 Å². The quantitative estimate of drug-likeness (QED) is 0.687. The average Bonchev–Trinajstić information content (AvgIpc) is 3.36. The molecule has 4 rings (SSSR count). The molecule has 2 bridgehead atoms. The lowest BCUT2D eigenvalue weighted by Gasteiger charge is -2.23. The summed E-state index contributed by atoms with van der Waals surface area (Å²) in [6, 6.07) is 11.4. The van der Waals surface area contributed by atoms with Gasteiger partial charge in [-0.15, -0.1) is 11.3 Å². The molecule has 8 heteroatoms. The van der Waals surface area contributed by atoms with Gasteiger partial charge in [-0.25, -0.2) is 0 Å². The molecule has 0 unspecified atom stereocenters. The Morgan fingerprint density at radius 1 is 1.14 bits per heavy atom. The first kappa shape index (κ1) is 18.6. The zero-order chi connectivity index (χ0) is 19.8. The molecule has 3 heterocycles. The number of anilines is 1. The van der Waals surface area contributed by atoms with Crippen molar-refractivity contribution in [3.8, 4) is 0 Å². The number of primary amides is 1. The van der Waals surface area contributed by atoms with E-state index in [9.17, 15) is 19.5 Å². The van der Waals surface area contributed by atoms with Gasteiger partial charge in [-0.05, 0) is 24.5 Å². The zero-order valence-electron chi connectivity index (χ0n) is 15.0. The normalized spacial score (nSPS) is 25.6. The van der Waals surface area contributed by atoms with Gasteiger partial charge in [0.25, 0.3) is 5.91 Å². The van der Waals surface area contributed by atoms with Crippen LogP contribution in [0.15, 0.2) is 36.4 Å². The molecular formula is C20H20N2O5S. The number of ether oxygens (including phenoxy) is 1. The summed E-state index contributed by atoms with van der Waals surface area (Å²) in [5.41, 5.74) is 6.79. The van der Waals surface area contributed by atoms with Crippen molar-refractivity contribution < 1.29 is 24.2 Å². The van der Waals surface area contributed by atoms with Crippen molar-refractivity contribution in [3.63, 3.8) is 0 Å². The highest BCUT2D eigenvalue weighted by atomic mass is 32.1. The number of amides is 2. The number of aliphatic carboxylic acids is 1. The number of thiophene rings is 1. The van der Waals surface area contributed by atoms with E-state index in [4.69, 9.17) is 10.5 Å². The van der Waals surface area contributed by atoms with Crippen molar-refractivity contribution in [1.29, 1.82) is 0 Å². The van der Waals surface area contributed by atoms with Crippen LogP contribution in [-0.4, -0.2) is 35.1 Å². The number of rotatable bonds is 6. The highest BCUT2D eigenvalue weighted by Gasteiger charge is 2.55. The van der Waals surface area contributed by atoms with Crippen LogP contribution < -0.4 is 11.1 Å². The van der Waals surface area contributed by atoms with E-state index < -0.39 is 41.8 Å². The minimum absolute atomic E-state index is 0.236. The number of nitrogens with one attached hydrogen (secondary N) is 1. The van der Waals surface area contributed by atoms with Crippen molar-refractivity contribution in [2.45, 2.75) is 31.5 Å². The molecule has 2 aromatic rings. The average molecular weight is 400 g/mol. The molecule has 0 saturated carbocycles. The lowest BCUT2D eigenvalue weighted by atomic mass is 9.79. The molecule has 4 atom stereocenters. The zero-order valence-corrected chi connectivity index (χ0v) is 15.8. The summed E-state index contributed by atoms with van der Waals surface area (Å²) in [5.74, 6) is -3.73. The molecule has 2 aliphatic heterocycles. The summed E-state index contributed by atoms with van der Waals surface area (Å²) in [6.45, 7) is 0. The third-order valence-corrected chi connectivity index (χ3v) is 6.42. The summed E-state index contributed by atoms with van der Waals surface area (Å²) in [5, 5.41) is 12.6. The van der Waals surface area contributed by atoms with Crippen molar-refractivity contribution in [2.24, 2.45) is 17.6 Å². The summed E-state index contributed by atoms with van der Waals surface area (Å²) in [6.07, 6.45) is 1.10. The summed E-state index contributed by atoms with van der Waals surface area (Å²) in [4.78, 5) is 37.2. The number of hydrogen-bond donors (Lipinski definition) is 3. The minimum Gasteiger partial charge on any atom is -0.481 e. The molecule has 1 aromatic carbocycles. The fourth-order valence-electron chi connectivity index (χ4n) is 4.12. The number of carboxylic acids is 1. The monoisotopic (exact) mass is 400 g/mol. The Morgan fingerprint density at radius 3 is 2.46 bits per heavy atom. The summed E-state index contributed by atoms with van der Waals surface area (Å²) < 4.78 is 5.65. The molecule has 2 fully saturated rings. The maximum absolute atomic E-state index is 12.9. The van der Waals surface area contributed by atoms with Crippen LogP contribution in [0.3, 0.4) is 0 Å². The topological polar surface area (TPSA) is 119 Å². The Kier molecular flexibility index (Phi) is 4.91. The SMILES string of the molecule is NC(=O)c1cc(Cc2ccccc2)sc1NC(=O)[C@H]1[C@@H](C(=O)O)[C@@H]2CC[C@@H]1O2. The molecule has 2 amide bonds. The van der Waals surface area contributed by atoms with Gasteiger partial charge in [0.2, 0.25) is 5.91 Å². The molecule has 2 saturated heterocycles. The van der Waals surface area contributed by atoms with Crippen LogP contribution >= 0.6 is 11.3 Å². The Labute approximate surface area is 165 Å². The van der Waals surface area contributed by atoms with Crippen LogP contribution in [0.5, 0.6) is 0 Å². The van der Waals surface area contributed by atoms with Crippen LogP contribution in [0.1, 0.15) is 33.6 Å². The maximum Gasteiger partial charge on any atom is 0.310 e. The molecule has 2 aliphatic rings. The molecule has 0 aliphatic carbocycles. The van der Waals surface area contributed by atoms with Crippen molar-refractivity contribution >= 4 is 34.1 Å². The number of nitrogens with two attached hydrogens (primary N) is 1. The first-order chi connectivity index (χ1) is 13.4. The van der Waals surface area contributed by atoms with E-state index in [2.05, 4.69) is 5.32 Å². The van der Waals surface area contributed by atoms with Gasteiger partial charge < -0.3 is 20.9 Å². The van der Waals surface area contributed by atoms with Crippen LogP contribution in [0, 0.1) is 11.8 Å². The predicted octanol–water partition coefficient (Wildman–Crippen LogP) is 2.25. The maximum atomic E-state index is 12.9. The van der Waals surface area contributed by atoms with Gasteiger partial charge in [0.15, 0.2) is 0 Å². The minimum atomic E-state index is -1.03. The van der Waals surface area contributed by atoms with Gasteiger partial charge in [-0.1, -0.05) is 30.3 Å². The lowest BCUT2D eigenvalue weighted by molar-refractivity contribution is -0.147. The molecule has 0 spiro atoms. The number of carboxylic acid groups (broad SMARTS) is 1. The third kappa shape index (κ3) is 3.41. The highest BCUT2D eigenvalue weighted by Crippen LogP contribution is 2.44. The fraction of sp³-hybridized carbons (Fsp3) is 0.350. The lowest BCUT2D eigenvalue weighted by Crippen LogP contribution is -2.41. The smallest absolute Gasteiger partial charge is 0.310 e. The first-order valence-corrected chi connectivity index (χ1v) is 9.91. The molecule has 4 N–H and O–H groups in total. The van der Waals surface area contributed by atoms with E-state index >= 15 is 0 Å². The second kappa shape index (κ2) is 7.37. The standard InChI is InChI=1S/C20H20N2O5S/c21-17(23)12-9-11(8-10-4-2-1-3-5-10)28-19(12)22-18(24)15-13-6-7-14(27-13)16(15)20(25)26/h1-5,9,13-16H,6-8H2,(H2,21,23)(H,22,24)(H,25,26)/t13-,14-,15+,16-/m0/s1. The van der Waals surface area contributed by atoms with E-state index in [1.165, 1.54) is 11.3 Å². The Morgan fingerprint density at radius 2 is 1.82 bits per heavy atom. The van der Waals surface area contributed by atoms with Gasteiger partial charge in [-0.3, -0.25) is 14.4 Å². The van der Waals surface area contributed by atoms with E-state index in [0.717, 1.165) is 10.4 Å². The Bertz CT molecular complexity index is 926. The van der Waals surface area contributed by atoms with Gasteiger partial charge in [0.1, 0.15) is 5.00 Å². The van der Waals surface area contributed by atoms with Crippen LogP contribution in [0.25, 0.3) is 0 Å². The van der Waals surface area contributed by atoms with E-state index in [-0.39, 0.29) is 5.56 Å². The third-order valence-electron chi connectivity index (χ3n) is 5.37. The van der Waals surface area contributed by atoms with Crippen molar-refractivity contribution in [2.75, 3.05) is 5.32 Å². The molecule has 7 nitrogen and oxygen atoms in total. The van der Waals surface area contributed by atoms with E-state index in [1.54, 1.807) is 6.07 Å². The van der Waals surface area contributed by atoms with Crippen LogP contribution in [0.4, 0.5) is 5.00 Å². The predicted molar refractivity (Wildman–Crippen MR) is 103 cm³/mol. The van der Waals surface area contributed by atoms with Gasteiger partial charge in [-0.2, -0.15) is 0 Å². The molecule has 146 valence electrons. The van der Waals surface area contributed by atoms with Crippen molar-refractivity contribution in [3.05, 3.63) is 52.4 Å². The number of benzene rings is 1. The first-order valence-electron chi connectivity index (χ1n) is 9.09. The van der Waals surface area contributed by atoms with E-state index in [1.807, 2.05) is 30.3 Å². The second-order valence-electron chi connectivity index (χ2n) is 7.15. The summed E-state index contributed by atoms with van der Waals surface area (Å²) in [7, 11) is 0. The van der Waals surface area contributed by atoms with Gasteiger partial charge in [0.05, 0.1) is 29.6 Å². The van der Waals surface area contributed by atoms with E-state index in [0.29, 0.717) is 24.3 Å². The number of fused-ring (bicyclic) bond motifs is 2. The molecular weight excluding hydrogens is 380 g/mol. The fourth-order valence-corrected chi connectivity index (χ4v) is 5.22. The Balaban J connectivity index is 1.56. The largest absolute Gasteiger partial charge is 0.481 e. The Hall–Kier alpha value is -2.71. The highest BCUT2D eigenvalue weighted by molar-refractivity contribution is 7.16. The molecule has 0 radical (unpaired) electrons. The van der Waals surface area contributed by atoms with Crippen LogP contribution in [-0.2, 0) is 20.7 Å². The molecule has 1 aromatic heterocycles. The number of carbonyl (C=O) groups excluding carboxylic acids is 2. The van der Waals surface area contributed by atoms with Crippen molar-refractivity contribution in [1.82, 2.24) is 0 Å². The van der Waals surface area contributed by atoms with Crippen LogP contribution in [0.2, 0.25) is 0 Å².